The van der Waals surface area contributed by atoms with Gasteiger partial charge in [0.05, 0.1) is 40.7 Å². The van der Waals surface area contributed by atoms with E-state index in [4.69, 9.17) is 9.72 Å². The van der Waals surface area contributed by atoms with Gasteiger partial charge in [0.2, 0.25) is 5.95 Å². The fourth-order valence-corrected chi connectivity index (χ4v) is 5.90. The Morgan fingerprint density at radius 1 is 1.27 bits per heavy atom. The Labute approximate surface area is 231 Å². The SMILES string of the molecule is COc1cc(N2CC[C@@H](N(C)C)C2)c([N+](=O)[O-])cc1Nc1ncc(C#N)c(-c2cn3c4c(cccc24)CCC3)n1. The number of hydrogen-bond donors (Lipinski definition) is 1. The lowest BCUT2D eigenvalue weighted by Gasteiger charge is -2.22. The van der Waals surface area contributed by atoms with Crippen molar-refractivity contribution >= 4 is 33.9 Å². The summed E-state index contributed by atoms with van der Waals surface area (Å²) in [5, 5.41) is 26.2. The molecule has 1 N–H and O–H groups in total. The summed E-state index contributed by atoms with van der Waals surface area (Å²) in [6.07, 6.45) is 6.54. The highest BCUT2D eigenvalue weighted by Gasteiger charge is 2.30. The van der Waals surface area contributed by atoms with E-state index in [0.29, 0.717) is 41.0 Å². The first-order valence-corrected chi connectivity index (χ1v) is 13.3. The summed E-state index contributed by atoms with van der Waals surface area (Å²) >= 11 is 0. The van der Waals surface area contributed by atoms with Crippen LogP contribution in [-0.4, -0.2) is 64.7 Å². The fraction of sp³-hybridized carbons (Fsp3) is 0.345. The number of aryl methyl sites for hydroxylation is 2. The fourth-order valence-electron chi connectivity index (χ4n) is 5.90. The van der Waals surface area contributed by atoms with Crippen molar-refractivity contribution in [2.45, 2.75) is 31.8 Å². The molecule has 40 heavy (non-hydrogen) atoms. The Hall–Kier alpha value is -4.69. The quantitative estimate of drug-likeness (QED) is 0.263. The first kappa shape index (κ1) is 25.6. The number of benzene rings is 2. The number of nitro groups is 1. The molecule has 2 aliphatic rings. The van der Waals surface area contributed by atoms with Gasteiger partial charge in [0, 0.05) is 55.0 Å². The van der Waals surface area contributed by atoms with Crippen LogP contribution in [0.3, 0.4) is 0 Å². The van der Waals surface area contributed by atoms with Crippen molar-refractivity contribution < 1.29 is 9.66 Å². The Morgan fingerprint density at radius 2 is 2.12 bits per heavy atom. The minimum Gasteiger partial charge on any atom is -0.494 e. The number of ether oxygens (including phenoxy) is 1. The average Bonchev–Trinajstić information content (AvgIpc) is 3.60. The van der Waals surface area contributed by atoms with E-state index in [1.54, 1.807) is 6.07 Å². The highest BCUT2D eigenvalue weighted by molar-refractivity contribution is 5.98. The van der Waals surface area contributed by atoms with Gasteiger partial charge in [0.1, 0.15) is 17.5 Å². The van der Waals surface area contributed by atoms with Crippen LogP contribution in [0, 0.1) is 21.4 Å². The molecule has 11 nitrogen and oxygen atoms in total. The molecule has 1 atom stereocenters. The number of para-hydroxylation sites is 1. The number of methoxy groups -OCH3 is 1. The summed E-state index contributed by atoms with van der Waals surface area (Å²) in [6.45, 7) is 2.32. The summed E-state index contributed by atoms with van der Waals surface area (Å²) in [7, 11) is 5.57. The molecule has 0 saturated carbocycles. The van der Waals surface area contributed by atoms with Gasteiger partial charge < -0.3 is 24.4 Å². The van der Waals surface area contributed by atoms with Gasteiger partial charge in [-0.1, -0.05) is 18.2 Å². The topological polar surface area (TPSA) is 125 Å². The molecule has 4 aromatic rings. The van der Waals surface area contributed by atoms with Crippen molar-refractivity contribution in [2.75, 3.05) is 44.5 Å². The maximum Gasteiger partial charge on any atom is 0.294 e. The largest absolute Gasteiger partial charge is 0.494 e. The Balaban J connectivity index is 1.40. The van der Waals surface area contributed by atoms with Gasteiger partial charge >= 0.3 is 0 Å². The van der Waals surface area contributed by atoms with Gasteiger partial charge in [-0.05, 0) is 38.9 Å². The van der Waals surface area contributed by atoms with E-state index in [0.717, 1.165) is 43.3 Å². The third-order valence-electron chi connectivity index (χ3n) is 7.97. The molecule has 11 heteroatoms. The van der Waals surface area contributed by atoms with Gasteiger partial charge in [-0.25, -0.2) is 9.97 Å². The molecule has 2 aliphatic heterocycles. The molecule has 4 heterocycles. The van der Waals surface area contributed by atoms with Crippen LogP contribution in [0.4, 0.5) is 23.0 Å². The summed E-state index contributed by atoms with van der Waals surface area (Å²) in [5.41, 5.74) is 5.06. The maximum absolute atomic E-state index is 12.1. The highest BCUT2D eigenvalue weighted by atomic mass is 16.6. The summed E-state index contributed by atoms with van der Waals surface area (Å²) in [6, 6.07) is 11.9. The molecule has 2 aromatic heterocycles. The van der Waals surface area contributed by atoms with Crippen LogP contribution >= 0.6 is 0 Å². The number of rotatable bonds is 7. The molecule has 0 radical (unpaired) electrons. The van der Waals surface area contributed by atoms with Crippen LogP contribution in [0.25, 0.3) is 22.2 Å². The number of likely N-dealkylation sites (N-methyl/N-ethyl adjacent to an activating group) is 1. The van der Waals surface area contributed by atoms with Crippen molar-refractivity contribution in [1.82, 2.24) is 19.4 Å². The van der Waals surface area contributed by atoms with E-state index >= 15 is 0 Å². The minimum atomic E-state index is -0.373. The molecule has 0 amide bonds. The molecule has 2 aromatic carbocycles. The number of nitriles is 1. The lowest BCUT2D eigenvalue weighted by atomic mass is 10.0. The smallest absolute Gasteiger partial charge is 0.294 e. The standard InChI is InChI=1S/C29H30N8O3/c1-34(2)20-9-11-35(16-20)24-13-26(40-3)23(12-25(24)37(38)39)32-29-31-15-19(14-30)27(33-29)22-17-36-10-5-7-18-6-4-8-21(22)28(18)36/h4,6,8,12-13,15,17,20H,5,7,9-11,16H2,1-3H3,(H,31,32,33)/t20-/m1/s1. The molecule has 0 aliphatic carbocycles. The Kier molecular flexibility index (Phi) is 6.48. The third kappa shape index (κ3) is 4.36. The molecule has 0 spiro atoms. The number of nitro benzene ring substituents is 1. The Morgan fingerprint density at radius 3 is 2.85 bits per heavy atom. The van der Waals surface area contributed by atoms with Crippen LogP contribution in [0.2, 0.25) is 0 Å². The number of aromatic nitrogens is 3. The van der Waals surface area contributed by atoms with Crippen LogP contribution < -0.4 is 15.0 Å². The van der Waals surface area contributed by atoms with Gasteiger partial charge in [0.25, 0.3) is 5.69 Å². The van der Waals surface area contributed by atoms with Crippen LogP contribution in [0.1, 0.15) is 24.0 Å². The van der Waals surface area contributed by atoms with Crippen molar-refractivity contribution in [1.29, 1.82) is 5.26 Å². The number of anilines is 3. The third-order valence-corrected chi connectivity index (χ3v) is 7.97. The Bertz CT molecular complexity index is 1670. The minimum absolute atomic E-state index is 0.0226. The van der Waals surface area contributed by atoms with Crippen LogP contribution in [-0.2, 0) is 13.0 Å². The predicted octanol–water partition coefficient (Wildman–Crippen LogP) is 4.72. The van der Waals surface area contributed by atoms with Crippen molar-refractivity contribution in [3.05, 3.63) is 64.0 Å². The van der Waals surface area contributed by atoms with Crippen molar-refractivity contribution in [3.63, 3.8) is 0 Å². The lowest BCUT2D eigenvalue weighted by Crippen LogP contribution is -2.31. The highest BCUT2D eigenvalue weighted by Crippen LogP contribution is 2.41. The van der Waals surface area contributed by atoms with Crippen LogP contribution in [0.5, 0.6) is 5.75 Å². The zero-order valence-corrected chi connectivity index (χ0v) is 22.7. The molecule has 6 rings (SSSR count). The van der Waals surface area contributed by atoms with Crippen LogP contribution in [0.15, 0.2) is 42.7 Å². The molecule has 1 saturated heterocycles. The molecule has 0 unspecified atom stereocenters. The molecule has 0 bridgehead atoms. The number of hydrogen-bond acceptors (Lipinski definition) is 9. The van der Waals surface area contributed by atoms with Crippen molar-refractivity contribution in [2.24, 2.45) is 0 Å². The first-order chi connectivity index (χ1) is 19.4. The molecule has 1 fully saturated rings. The second kappa shape index (κ2) is 10.1. The van der Waals surface area contributed by atoms with E-state index in [1.807, 2.05) is 25.1 Å². The second-order valence-corrected chi connectivity index (χ2v) is 10.5. The van der Waals surface area contributed by atoms with E-state index in [1.165, 1.54) is 30.5 Å². The van der Waals surface area contributed by atoms with Gasteiger partial charge in [-0.15, -0.1) is 0 Å². The van der Waals surface area contributed by atoms with Gasteiger partial charge in [-0.3, -0.25) is 10.1 Å². The van der Waals surface area contributed by atoms with E-state index in [2.05, 4.69) is 44.2 Å². The van der Waals surface area contributed by atoms with Crippen molar-refractivity contribution in [3.8, 4) is 23.1 Å². The van der Waals surface area contributed by atoms with E-state index in [9.17, 15) is 15.4 Å². The first-order valence-electron chi connectivity index (χ1n) is 13.3. The van der Waals surface area contributed by atoms with Gasteiger partial charge in [0.15, 0.2) is 0 Å². The molecular weight excluding hydrogens is 508 g/mol. The van der Waals surface area contributed by atoms with E-state index in [-0.39, 0.29) is 16.6 Å². The molecule has 204 valence electrons. The second-order valence-electron chi connectivity index (χ2n) is 10.5. The molecular formula is C29H30N8O3. The zero-order valence-electron chi connectivity index (χ0n) is 22.7. The van der Waals surface area contributed by atoms with Gasteiger partial charge in [-0.2, -0.15) is 5.26 Å². The monoisotopic (exact) mass is 538 g/mol. The lowest BCUT2D eigenvalue weighted by molar-refractivity contribution is -0.384. The number of nitrogens with one attached hydrogen (secondary N) is 1. The average molecular weight is 539 g/mol. The normalized spacial score (nSPS) is 16.4. The predicted molar refractivity (Wildman–Crippen MR) is 153 cm³/mol. The summed E-state index contributed by atoms with van der Waals surface area (Å²) < 4.78 is 7.88. The zero-order chi connectivity index (χ0) is 28.0. The van der Waals surface area contributed by atoms with E-state index < -0.39 is 0 Å². The summed E-state index contributed by atoms with van der Waals surface area (Å²) in [4.78, 5) is 25.0. The summed E-state index contributed by atoms with van der Waals surface area (Å²) in [5.74, 6) is 0.658. The maximum atomic E-state index is 12.1. The number of nitrogens with zero attached hydrogens (tertiary/aromatic N) is 7.